The Morgan fingerprint density at radius 2 is 1.72 bits per heavy atom. The monoisotopic (exact) mass is 339 g/mol. The molecule has 1 unspecified atom stereocenters. The summed E-state index contributed by atoms with van der Waals surface area (Å²) < 4.78 is 0. The number of carboxylic acid groups (broad SMARTS) is 1. The number of amides is 1. The highest BCUT2D eigenvalue weighted by atomic mass is 16.4. The van der Waals surface area contributed by atoms with Crippen molar-refractivity contribution in [3.8, 4) is 0 Å². The largest absolute Gasteiger partial charge is 0.478 e. The molecule has 0 spiro atoms. The van der Waals surface area contributed by atoms with Crippen molar-refractivity contribution in [2.24, 2.45) is 0 Å². The van der Waals surface area contributed by atoms with Crippen molar-refractivity contribution in [1.82, 2.24) is 4.90 Å². The summed E-state index contributed by atoms with van der Waals surface area (Å²) in [4.78, 5) is 25.7. The molecule has 25 heavy (non-hydrogen) atoms. The van der Waals surface area contributed by atoms with Crippen LogP contribution in [0.15, 0.2) is 48.5 Å². The number of carboxylic acids is 1. The molecule has 0 saturated heterocycles. The van der Waals surface area contributed by atoms with E-state index in [1.807, 2.05) is 0 Å². The topological polar surface area (TPSA) is 57.6 Å². The van der Waals surface area contributed by atoms with Crippen molar-refractivity contribution < 1.29 is 14.7 Å². The first-order valence-corrected chi connectivity index (χ1v) is 8.54. The minimum absolute atomic E-state index is 0.0624. The van der Waals surface area contributed by atoms with Crippen molar-refractivity contribution >= 4 is 11.9 Å². The van der Waals surface area contributed by atoms with Crippen molar-refractivity contribution in [3.63, 3.8) is 0 Å². The summed E-state index contributed by atoms with van der Waals surface area (Å²) in [6, 6.07) is 15.1. The maximum atomic E-state index is 12.7. The molecule has 1 N–H and O–H groups in total. The molecular weight excluding hydrogens is 314 g/mol. The molecule has 0 bridgehead atoms. The van der Waals surface area contributed by atoms with Gasteiger partial charge < -0.3 is 10.0 Å². The molecule has 2 rings (SSSR count). The number of aryl methyl sites for hydroxylation is 1. The van der Waals surface area contributed by atoms with Crippen LogP contribution in [0.3, 0.4) is 0 Å². The van der Waals surface area contributed by atoms with E-state index in [0.29, 0.717) is 5.56 Å². The number of benzene rings is 2. The molecule has 4 nitrogen and oxygen atoms in total. The van der Waals surface area contributed by atoms with Crippen molar-refractivity contribution in [2.45, 2.75) is 39.2 Å². The molecule has 0 aliphatic carbocycles. The van der Waals surface area contributed by atoms with Gasteiger partial charge in [0, 0.05) is 13.1 Å². The van der Waals surface area contributed by atoms with Crippen LogP contribution in [-0.2, 0) is 17.6 Å². The average molecular weight is 339 g/mol. The maximum absolute atomic E-state index is 12.7. The summed E-state index contributed by atoms with van der Waals surface area (Å²) in [5.74, 6) is -1.06. The number of carbonyl (C=O) groups excluding carboxylic acids is 1. The third-order valence-electron chi connectivity index (χ3n) is 4.59. The molecule has 1 atom stereocenters. The second kappa shape index (κ2) is 8.47. The zero-order valence-corrected chi connectivity index (χ0v) is 15.0. The van der Waals surface area contributed by atoms with Crippen molar-refractivity contribution in [1.29, 1.82) is 0 Å². The molecule has 0 radical (unpaired) electrons. The zero-order valence-electron chi connectivity index (χ0n) is 15.0. The van der Waals surface area contributed by atoms with Crippen LogP contribution in [0.2, 0.25) is 0 Å². The van der Waals surface area contributed by atoms with Gasteiger partial charge in [-0.1, -0.05) is 55.0 Å². The minimum Gasteiger partial charge on any atom is -0.478 e. The average Bonchev–Trinajstić information content (AvgIpc) is 2.61. The van der Waals surface area contributed by atoms with Gasteiger partial charge in [0.2, 0.25) is 5.91 Å². The van der Waals surface area contributed by atoms with Gasteiger partial charge in [0.05, 0.1) is 12.0 Å². The summed E-state index contributed by atoms with van der Waals surface area (Å²) in [7, 11) is 1.80. The molecule has 0 aliphatic heterocycles. The summed E-state index contributed by atoms with van der Waals surface area (Å²) in [6.07, 6.45) is 1.74. The molecule has 0 saturated carbocycles. The Morgan fingerprint density at radius 1 is 1.08 bits per heavy atom. The first kappa shape index (κ1) is 18.7. The molecule has 1 amide bonds. The fraction of sp³-hybridized carbons (Fsp3) is 0.333. The normalized spacial score (nSPS) is 11.8. The Kier molecular flexibility index (Phi) is 6.34. The van der Waals surface area contributed by atoms with Crippen LogP contribution in [0.4, 0.5) is 0 Å². The summed E-state index contributed by atoms with van der Waals surface area (Å²) in [6.45, 7) is 4.12. The summed E-state index contributed by atoms with van der Waals surface area (Å²) in [5.41, 5.74) is 3.16. The lowest BCUT2D eigenvalue weighted by molar-refractivity contribution is -0.131. The van der Waals surface area contributed by atoms with Gasteiger partial charge in [-0.2, -0.15) is 0 Å². The number of rotatable bonds is 7. The summed E-state index contributed by atoms with van der Waals surface area (Å²) in [5, 5.41) is 9.26. The van der Waals surface area contributed by atoms with E-state index in [2.05, 4.69) is 38.1 Å². The summed E-state index contributed by atoms with van der Waals surface area (Å²) >= 11 is 0. The number of aromatic carboxylic acids is 1. The lowest BCUT2D eigenvalue weighted by atomic mass is 10.00. The molecule has 132 valence electrons. The van der Waals surface area contributed by atoms with E-state index in [9.17, 15) is 14.7 Å². The van der Waals surface area contributed by atoms with Crippen LogP contribution in [0.5, 0.6) is 0 Å². The molecule has 0 aliphatic rings. The van der Waals surface area contributed by atoms with Gasteiger partial charge in [-0.05, 0) is 37.0 Å². The minimum atomic E-state index is -1.00. The third kappa shape index (κ3) is 4.92. The fourth-order valence-corrected chi connectivity index (χ4v) is 2.93. The smallest absolute Gasteiger partial charge is 0.335 e. The van der Waals surface area contributed by atoms with Crippen LogP contribution in [0.25, 0.3) is 0 Å². The van der Waals surface area contributed by atoms with E-state index in [4.69, 9.17) is 0 Å². The zero-order chi connectivity index (χ0) is 18.4. The van der Waals surface area contributed by atoms with Gasteiger partial charge in [0.1, 0.15) is 0 Å². The number of likely N-dealkylation sites (N-methyl/N-ethyl adjacent to an activating group) is 1. The first-order valence-electron chi connectivity index (χ1n) is 8.54. The number of nitrogens with zero attached hydrogens (tertiary/aromatic N) is 1. The fourth-order valence-electron chi connectivity index (χ4n) is 2.93. The third-order valence-corrected chi connectivity index (χ3v) is 4.59. The Hall–Kier alpha value is -2.62. The van der Waals surface area contributed by atoms with Gasteiger partial charge in [0.25, 0.3) is 0 Å². The SMILES string of the molecule is CCC(Cc1ccc(C)cc1)N(C)C(=O)Cc1ccccc1C(=O)O. The highest BCUT2D eigenvalue weighted by Crippen LogP contribution is 2.15. The van der Waals surface area contributed by atoms with Gasteiger partial charge in [-0.3, -0.25) is 4.79 Å². The molecule has 2 aromatic carbocycles. The number of carbonyl (C=O) groups is 2. The van der Waals surface area contributed by atoms with Crippen LogP contribution in [-0.4, -0.2) is 35.0 Å². The number of hydrogen-bond acceptors (Lipinski definition) is 2. The van der Waals surface area contributed by atoms with Gasteiger partial charge in [0.15, 0.2) is 0 Å². The molecule has 0 aromatic heterocycles. The second-order valence-corrected chi connectivity index (χ2v) is 6.40. The Balaban J connectivity index is 2.09. The van der Waals surface area contributed by atoms with Crippen LogP contribution < -0.4 is 0 Å². The highest BCUT2D eigenvalue weighted by Gasteiger charge is 2.21. The van der Waals surface area contributed by atoms with E-state index in [1.54, 1.807) is 30.1 Å². The maximum Gasteiger partial charge on any atom is 0.335 e. The highest BCUT2D eigenvalue weighted by molar-refractivity contribution is 5.91. The van der Waals surface area contributed by atoms with E-state index in [-0.39, 0.29) is 23.9 Å². The lowest BCUT2D eigenvalue weighted by Gasteiger charge is -2.28. The van der Waals surface area contributed by atoms with Crippen LogP contribution >= 0.6 is 0 Å². The lowest BCUT2D eigenvalue weighted by Crippen LogP contribution is -2.39. The Labute approximate surface area is 149 Å². The van der Waals surface area contributed by atoms with E-state index in [0.717, 1.165) is 12.8 Å². The number of hydrogen-bond donors (Lipinski definition) is 1. The second-order valence-electron chi connectivity index (χ2n) is 6.40. The molecule has 0 fully saturated rings. The standard InChI is InChI=1S/C21H25NO3/c1-4-18(13-16-11-9-15(2)10-12-16)22(3)20(23)14-17-7-5-6-8-19(17)21(24)25/h5-12,18H,4,13-14H2,1-3H3,(H,24,25). The van der Waals surface area contributed by atoms with Crippen LogP contribution in [0, 0.1) is 6.92 Å². The molecular formula is C21H25NO3. The van der Waals surface area contributed by atoms with Gasteiger partial charge in [-0.15, -0.1) is 0 Å². The van der Waals surface area contributed by atoms with Crippen LogP contribution in [0.1, 0.15) is 40.4 Å². The molecule has 0 heterocycles. The first-order chi connectivity index (χ1) is 11.9. The van der Waals surface area contributed by atoms with Crippen molar-refractivity contribution in [2.75, 3.05) is 7.05 Å². The molecule has 2 aromatic rings. The van der Waals surface area contributed by atoms with Gasteiger partial charge in [-0.25, -0.2) is 4.79 Å². The predicted molar refractivity (Wildman–Crippen MR) is 98.8 cm³/mol. The predicted octanol–water partition coefficient (Wildman–Crippen LogP) is 3.72. The van der Waals surface area contributed by atoms with E-state index in [1.165, 1.54) is 17.2 Å². The van der Waals surface area contributed by atoms with E-state index >= 15 is 0 Å². The Bertz CT molecular complexity index is 737. The quantitative estimate of drug-likeness (QED) is 0.836. The molecule has 4 heteroatoms. The van der Waals surface area contributed by atoms with E-state index < -0.39 is 5.97 Å². The van der Waals surface area contributed by atoms with Gasteiger partial charge >= 0.3 is 5.97 Å². The Morgan fingerprint density at radius 3 is 2.32 bits per heavy atom. The van der Waals surface area contributed by atoms with Crippen molar-refractivity contribution in [3.05, 3.63) is 70.8 Å².